The van der Waals surface area contributed by atoms with Crippen molar-refractivity contribution in [1.82, 2.24) is 10.3 Å². The second-order valence-corrected chi connectivity index (χ2v) is 13.7. The standard InChI is InChI=1S/C48H40N4O4/c1-53-33-13-5-29(6-14-33)45-37-21-23-39(49-37)46(30-7-15-34(54-2)16-8-30)41-25-27-43(51-41)48(32-11-19-36(56-4)20-12-32)44-28-26-42(52-44)47(40-24-22-38(45)50-40)31-9-17-35(55-3)18-10-31/h5-27,44,49,52H,28H2,1-4H3. The minimum absolute atomic E-state index is 0.0697. The van der Waals surface area contributed by atoms with E-state index in [0.29, 0.717) is 0 Å². The fraction of sp³-hybridized carbons (Fsp3) is 0.125. The summed E-state index contributed by atoms with van der Waals surface area (Å²) in [6.07, 6.45) is 11.5. The lowest BCUT2D eigenvalue weighted by molar-refractivity contribution is 0.414. The highest BCUT2D eigenvalue weighted by molar-refractivity contribution is 6.31. The zero-order chi connectivity index (χ0) is 38.2. The van der Waals surface area contributed by atoms with E-state index in [-0.39, 0.29) is 6.04 Å². The van der Waals surface area contributed by atoms with Crippen LogP contribution < -0.4 is 35.0 Å². The third-order valence-electron chi connectivity index (χ3n) is 10.6. The minimum atomic E-state index is -0.0697. The molecule has 4 aliphatic heterocycles. The number of ether oxygens (including phenoxy) is 4. The van der Waals surface area contributed by atoms with E-state index in [4.69, 9.17) is 28.9 Å². The summed E-state index contributed by atoms with van der Waals surface area (Å²) in [6.45, 7) is 0. The van der Waals surface area contributed by atoms with Gasteiger partial charge in [-0.25, -0.2) is 9.98 Å². The van der Waals surface area contributed by atoms with Gasteiger partial charge in [0, 0.05) is 38.7 Å². The summed E-state index contributed by atoms with van der Waals surface area (Å²) in [4.78, 5) is 14.6. The molecule has 276 valence electrons. The number of benzene rings is 4. The van der Waals surface area contributed by atoms with Gasteiger partial charge in [0.15, 0.2) is 0 Å². The Morgan fingerprint density at radius 1 is 0.464 bits per heavy atom. The van der Waals surface area contributed by atoms with Gasteiger partial charge in [0.2, 0.25) is 0 Å². The van der Waals surface area contributed by atoms with Crippen LogP contribution in [0.5, 0.6) is 23.0 Å². The van der Waals surface area contributed by atoms with Crippen LogP contribution in [0, 0.1) is 0 Å². The molecule has 5 heterocycles. The van der Waals surface area contributed by atoms with E-state index in [1.54, 1.807) is 28.4 Å². The van der Waals surface area contributed by atoms with E-state index in [1.165, 1.54) is 0 Å². The van der Waals surface area contributed by atoms with Crippen molar-refractivity contribution in [3.05, 3.63) is 190 Å². The Morgan fingerprint density at radius 2 is 0.875 bits per heavy atom. The lowest BCUT2D eigenvalue weighted by Crippen LogP contribution is -2.26. The summed E-state index contributed by atoms with van der Waals surface area (Å²) in [7, 11) is 6.74. The molecule has 0 spiro atoms. The summed E-state index contributed by atoms with van der Waals surface area (Å²) in [5.41, 5.74) is 12.6. The highest BCUT2D eigenvalue weighted by Gasteiger charge is 2.30. The number of rotatable bonds is 8. The van der Waals surface area contributed by atoms with Crippen molar-refractivity contribution in [3.63, 3.8) is 0 Å². The predicted octanol–water partition coefficient (Wildman–Crippen LogP) is 7.55. The molecule has 1 unspecified atom stereocenters. The average molecular weight is 737 g/mol. The molecule has 0 saturated carbocycles. The van der Waals surface area contributed by atoms with Crippen LogP contribution >= 0.6 is 0 Å². The van der Waals surface area contributed by atoms with Crippen molar-refractivity contribution in [3.8, 4) is 23.0 Å². The van der Waals surface area contributed by atoms with Gasteiger partial charge in [-0.3, -0.25) is 0 Å². The van der Waals surface area contributed by atoms with Crippen LogP contribution in [0.25, 0.3) is 22.3 Å². The van der Waals surface area contributed by atoms with Gasteiger partial charge < -0.3 is 29.2 Å². The molecule has 4 aromatic carbocycles. The molecule has 0 aliphatic carbocycles. The smallest absolute Gasteiger partial charge is 0.118 e. The molecule has 2 N–H and O–H groups in total. The summed E-state index contributed by atoms with van der Waals surface area (Å²) < 4.78 is 22.2. The first kappa shape index (κ1) is 34.7. The zero-order valence-electron chi connectivity index (χ0n) is 31.6. The number of hydrogen-bond donors (Lipinski definition) is 2. The molecule has 8 bridgehead atoms. The van der Waals surface area contributed by atoms with Gasteiger partial charge in [-0.15, -0.1) is 0 Å². The van der Waals surface area contributed by atoms with E-state index < -0.39 is 0 Å². The number of methoxy groups -OCH3 is 4. The molecule has 0 amide bonds. The quantitative estimate of drug-likeness (QED) is 0.172. The van der Waals surface area contributed by atoms with Crippen LogP contribution in [0.15, 0.2) is 167 Å². The largest absolute Gasteiger partial charge is 0.497 e. The first-order valence-corrected chi connectivity index (χ1v) is 18.5. The number of nitrogens with zero attached hydrogens (tertiary/aromatic N) is 2. The molecule has 1 aromatic heterocycles. The van der Waals surface area contributed by atoms with Gasteiger partial charge in [-0.2, -0.15) is 0 Å². The van der Waals surface area contributed by atoms with Crippen LogP contribution in [0.3, 0.4) is 0 Å². The predicted molar refractivity (Wildman–Crippen MR) is 224 cm³/mol. The topological polar surface area (TPSA) is 89.5 Å². The Morgan fingerprint density at radius 3 is 1.34 bits per heavy atom. The van der Waals surface area contributed by atoms with Gasteiger partial charge in [0.25, 0.3) is 0 Å². The fourth-order valence-corrected chi connectivity index (χ4v) is 7.78. The van der Waals surface area contributed by atoms with E-state index in [0.717, 1.165) is 113 Å². The molecule has 56 heavy (non-hydrogen) atoms. The normalized spacial score (nSPS) is 17.1. The van der Waals surface area contributed by atoms with E-state index in [9.17, 15) is 0 Å². The Balaban J connectivity index is 1.35. The second-order valence-electron chi connectivity index (χ2n) is 13.7. The first-order valence-electron chi connectivity index (χ1n) is 18.5. The summed E-state index contributed by atoms with van der Waals surface area (Å²) in [5.74, 6) is 3.17. The van der Waals surface area contributed by atoms with Crippen molar-refractivity contribution in [2.75, 3.05) is 28.4 Å². The number of H-pyrrole nitrogens is 1. The molecular formula is C48H40N4O4. The SMILES string of the molecule is COc1ccc(C2=C3C=CC(=N3)C(c3ccc(OC)cc3)=c3ccc([nH]3)=C(c3ccc(OC)cc3)C3=NC(=C(c4ccc(OC)cc4)C4CC=C2N4)C=C3)cc1. The lowest BCUT2D eigenvalue weighted by atomic mass is 9.95. The maximum absolute atomic E-state index is 5.55. The molecular weight excluding hydrogens is 697 g/mol. The van der Waals surface area contributed by atoms with Gasteiger partial charge in [-0.1, -0.05) is 54.6 Å². The van der Waals surface area contributed by atoms with Crippen LogP contribution in [-0.4, -0.2) is 50.9 Å². The summed E-state index contributed by atoms with van der Waals surface area (Å²) >= 11 is 0. The second kappa shape index (κ2) is 14.6. The number of allylic oxidation sites excluding steroid dienone is 5. The molecule has 0 fully saturated rings. The zero-order valence-corrected chi connectivity index (χ0v) is 31.6. The van der Waals surface area contributed by atoms with E-state index >= 15 is 0 Å². The number of nitrogens with one attached hydrogen (secondary N) is 2. The summed E-state index contributed by atoms with van der Waals surface area (Å²) in [5, 5.41) is 5.79. The van der Waals surface area contributed by atoms with E-state index in [2.05, 4.69) is 101 Å². The van der Waals surface area contributed by atoms with Crippen LogP contribution in [0.1, 0.15) is 28.7 Å². The number of aromatic nitrogens is 1. The minimum Gasteiger partial charge on any atom is -0.497 e. The highest BCUT2D eigenvalue weighted by atomic mass is 16.5. The van der Waals surface area contributed by atoms with E-state index in [1.807, 2.05) is 48.5 Å². The lowest BCUT2D eigenvalue weighted by Gasteiger charge is -2.21. The molecule has 8 heteroatoms. The molecule has 5 aromatic rings. The maximum Gasteiger partial charge on any atom is 0.118 e. The Labute approximate surface area is 325 Å². The Kier molecular flexibility index (Phi) is 9.07. The Bertz CT molecular complexity index is 2690. The Hall–Kier alpha value is -7.06. The van der Waals surface area contributed by atoms with Crippen LogP contribution in [-0.2, 0) is 0 Å². The van der Waals surface area contributed by atoms with Gasteiger partial charge >= 0.3 is 0 Å². The number of aliphatic imine (C=N–C) groups is 2. The molecule has 9 rings (SSSR count). The number of fused-ring (bicyclic) bond motifs is 6. The van der Waals surface area contributed by atoms with Crippen molar-refractivity contribution in [2.45, 2.75) is 12.5 Å². The van der Waals surface area contributed by atoms with Gasteiger partial charge in [-0.05, 0) is 114 Å². The van der Waals surface area contributed by atoms with Crippen LogP contribution in [0.2, 0.25) is 0 Å². The highest BCUT2D eigenvalue weighted by Crippen LogP contribution is 2.39. The monoisotopic (exact) mass is 736 g/mol. The number of hydrogen-bond acceptors (Lipinski definition) is 7. The van der Waals surface area contributed by atoms with Crippen molar-refractivity contribution < 1.29 is 18.9 Å². The third-order valence-corrected chi connectivity index (χ3v) is 10.6. The fourth-order valence-electron chi connectivity index (χ4n) is 7.78. The summed E-state index contributed by atoms with van der Waals surface area (Å²) in [6, 6.07) is 36.9. The number of aromatic amines is 1. The molecule has 8 nitrogen and oxygen atoms in total. The van der Waals surface area contributed by atoms with Crippen molar-refractivity contribution in [2.24, 2.45) is 9.98 Å². The molecule has 4 aliphatic rings. The molecule has 0 saturated heterocycles. The first-order chi connectivity index (χ1) is 27.5. The maximum atomic E-state index is 5.55. The molecule has 0 radical (unpaired) electrons. The van der Waals surface area contributed by atoms with Gasteiger partial charge in [0.1, 0.15) is 23.0 Å². The van der Waals surface area contributed by atoms with Crippen molar-refractivity contribution >= 4 is 33.7 Å². The average Bonchev–Trinajstić information content (AvgIpc) is 4.10. The van der Waals surface area contributed by atoms with Gasteiger partial charge in [0.05, 0.1) is 57.3 Å². The van der Waals surface area contributed by atoms with Crippen molar-refractivity contribution in [1.29, 1.82) is 0 Å². The molecule has 1 atom stereocenters. The van der Waals surface area contributed by atoms with Crippen LogP contribution in [0.4, 0.5) is 0 Å². The third kappa shape index (κ3) is 6.35.